The third kappa shape index (κ3) is 3.18. The van der Waals surface area contributed by atoms with E-state index in [0.717, 1.165) is 17.1 Å². The minimum Gasteiger partial charge on any atom is -0.457 e. The van der Waals surface area contributed by atoms with Gasteiger partial charge in [-0.15, -0.1) is 11.6 Å². The van der Waals surface area contributed by atoms with Gasteiger partial charge in [0, 0.05) is 10.6 Å². The Hall–Kier alpha value is -1.18. The van der Waals surface area contributed by atoms with Gasteiger partial charge in [-0.2, -0.15) is 0 Å². The van der Waals surface area contributed by atoms with Gasteiger partial charge in [-0.1, -0.05) is 17.7 Å². The third-order valence-corrected chi connectivity index (χ3v) is 3.11. The van der Waals surface area contributed by atoms with E-state index < -0.39 is 0 Å². The molecule has 0 N–H and O–H groups in total. The summed E-state index contributed by atoms with van der Waals surface area (Å²) < 4.78 is 5.87. The van der Waals surface area contributed by atoms with Gasteiger partial charge in [0.05, 0.1) is 5.88 Å². The number of halogens is 2. The average Bonchev–Trinajstić information content (AvgIpc) is 2.30. The first-order valence-electron chi connectivity index (χ1n) is 5.69. The number of ether oxygens (including phenoxy) is 1. The maximum Gasteiger partial charge on any atom is 0.131 e. The van der Waals surface area contributed by atoms with Crippen molar-refractivity contribution in [2.45, 2.75) is 19.7 Å². The Labute approximate surface area is 117 Å². The Morgan fingerprint density at radius 2 is 1.67 bits per heavy atom. The van der Waals surface area contributed by atoms with E-state index in [4.69, 9.17) is 27.9 Å². The molecule has 2 aromatic rings. The van der Waals surface area contributed by atoms with Crippen molar-refractivity contribution >= 4 is 23.2 Å². The van der Waals surface area contributed by atoms with Crippen LogP contribution in [0.5, 0.6) is 11.5 Å². The van der Waals surface area contributed by atoms with Crippen LogP contribution in [0.2, 0.25) is 5.02 Å². The summed E-state index contributed by atoms with van der Waals surface area (Å²) in [5, 5.41) is 0.665. The standard InChI is InChI=1S/C15H14Cl2O/c1-10-5-11(2)7-14(6-10)18-15-4-3-13(17)8-12(15)9-16/h3-8H,9H2,1-2H3. The van der Waals surface area contributed by atoms with E-state index in [1.807, 2.05) is 38.1 Å². The van der Waals surface area contributed by atoms with E-state index in [2.05, 4.69) is 6.07 Å². The Morgan fingerprint density at radius 3 is 2.28 bits per heavy atom. The second kappa shape index (κ2) is 5.64. The molecule has 3 heteroatoms. The fourth-order valence-corrected chi connectivity index (χ4v) is 2.27. The molecule has 0 aliphatic heterocycles. The molecule has 0 saturated heterocycles. The van der Waals surface area contributed by atoms with Gasteiger partial charge in [0.25, 0.3) is 0 Å². The lowest BCUT2D eigenvalue weighted by Crippen LogP contribution is -1.91. The summed E-state index contributed by atoms with van der Waals surface area (Å²) in [5.41, 5.74) is 3.24. The largest absolute Gasteiger partial charge is 0.457 e. The first kappa shape index (κ1) is 13.3. The number of aryl methyl sites for hydroxylation is 2. The molecule has 0 bridgehead atoms. The van der Waals surface area contributed by atoms with E-state index in [9.17, 15) is 0 Å². The summed E-state index contributed by atoms with van der Waals surface area (Å²) >= 11 is 11.8. The van der Waals surface area contributed by atoms with Crippen molar-refractivity contribution < 1.29 is 4.74 Å². The molecule has 0 atom stereocenters. The Balaban J connectivity index is 2.33. The quantitative estimate of drug-likeness (QED) is 0.676. The van der Waals surface area contributed by atoms with Gasteiger partial charge in [0.2, 0.25) is 0 Å². The van der Waals surface area contributed by atoms with E-state index in [1.165, 1.54) is 11.1 Å². The van der Waals surface area contributed by atoms with Crippen LogP contribution in [-0.2, 0) is 5.88 Å². The highest BCUT2D eigenvalue weighted by atomic mass is 35.5. The Bertz CT molecular complexity index is 544. The lowest BCUT2D eigenvalue weighted by atomic mass is 10.1. The third-order valence-electron chi connectivity index (χ3n) is 2.59. The van der Waals surface area contributed by atoms with Crippen LogP contribution in [0.3, 0.4) is 0 Å². The van der Waals surface area contributed by atoms with Crippen LogP contribution >= 0.6 is 23.2 Å². The van der Waals surface area contributed by atoms with E-state index in [0.29, 0.717) is 10.9 Å². The summed E-state index contributed by atoms with van der Waals surface area (Å²) in [5.74, 6) is 1.95. The second-order valence-electron chi connectivity index (χ2n) is 4.31. The van der Waals surface area contributed by atoms with Gasteiger partial charge < -0.3 is 4.74 Å². The predicted octanol–water partition coefficient (Wildman–Crippen LogP) is 5.49. The summed E-state index contributed by atoms with van der Waals surface area (Å²) in [6.07, 6.45) is 0. The summed E-state index contributed by atoms with van der Waals surface area (Å²) in [6.45, 7) is 4.09. The van der Waals surface area contributed by atoms with Crippen LogP contribution in [-0.4, -0.2) is 0 Å². The zero-order valence-electron chi connectivity index (χ0n) is 10.3. The van der Waals surface area contributed by atoms with Crippen LogP contribution in [0, 0.1) is 13.8 Å². The molecular formula is C15H14Cl2O. The van der Waals surface area contributed by atoms with Gasteiger partial charge in [-0.25, -0.2) is 0 Å². The van der Waals surface area contributed by atoms with Crippen molar-refractivity contribution in [1.29, 1.82) is 0 Å². The first-order valence-corrected chi connectivity index (χ1v) is 6.60. The summed E-state index contributed by atoms with van der Waals surface area (Å²) in [4.78, 5) is 0. The first-order chi connectivity index (χ1) is 8.58. The molecular weight excluding hydrogens is 267 g/mol. The van der Waals surface area contributed by atoms with Crippen LogP contribution in [0.1, 0.15) is 16.7 Å². The molecule has 0 spiro atoms. The highest BCUT2D eigenvalue weighted by molar-refractivity contribution is 6.30. The van der Waals surface area contributed by atoms with Crippen molar-refractivity contribution in [3.05, 3.63) is 58.1 Å². The SMILES string of the molecule is Cc1cc(C)cc(Oc2ccc(Cl)cc2CCl)c1. The fourth-order valence-electron chi connectivity index (χ4n) is 1.87. The fraction of sp³-hybridized carbons (Fsp3) is 0.200. The minimum absolute atomic E-state index is 0.376. The Kier molecular flexibility index (Phi) is 4.15. The lowest BCUT2D eigenvalue weighted by Gasteiger charge is -2.11. The van der Waals surface area contributed by atoms with Gasteiger partial charge in [0.1, 0.15) is 11.5 Å². The van der Waals surface area contributed by atoms with E-state index in [-0.39, 0.29) is 0 Å². The topological polar surface area (TPSA) is 9.23 Å². The smallest absolute Gasteiger partial charge is 0.131 e. The lowest BCUT2D eigenvalue weighted by molar-refractivity contribution is 0.477. The van der Waals surface area contributed by atoms with E-state index >= 15 is 0 Å². The normalized spacial score (nSPS) is 10.4. The predicted molar refractivity (Wildman–Crippen MR) is 77.0 cm³/mol. The van der Waals surface area contributed by atoms with Crippen molar-refractivity contribution in [2.24, 2.45) is 0 Å². The molecule has 0 heterocycles. The summed E-state index contributed by atoms with van der Waals surface area (Å²) in [6, 6.07) is 11.6. The number of benzene rings is 2. The molecule has 0 fully saturated rings. The van der Waals surface area contributed by atoms with E-state index in [1.54, 1.807) is 6.07 Å². The maximum absolute atomic E-state index is 5.93. The second-order valence-corrected chi connectivity index (χ2v) is 5.01. The minimum atomic E-state index is 0.376. The van der Waals surface area contributed by atoms with Crippen molar-refractivity contribution in [2.75, 3.05) is 0 Å². The van der Waals surface area contributed by atoms with Crippen molar-refractivity contribution in [3.63, 3.8) is 0 Å². The van der Waals surface area contributed by atoms with Crippen molar-refractivity contribution in [3.8, 4) is 11.5 Å². The van der Waals surface area contributed by atoms with Crippen LogP contribution in [0.15, 0.2) is 36.4 Å². The maximum atomic E-state index is 5.93. The van der Waals surface area contributed by atoms with Gasteiger partial charge in [-0.05, 0) is 55.3 Å². The summed E-state index contributed by atoms with van der Waals surface area (Å²) in [7, 11) is 0. The Morgan fingerprint density at radius 1 is 1.00 bits per heavy atom. The highest BCUT2D eigenvalue weighted by Gasteiger charge is 2.06. The molecule has 94 valence electrons. The van der Waals surface area contributed by atoms with Crippen LogP contribution < -0.4 is 4.74 Å². The molecule has 0 aliphatic carbocycles. The zero-order valence-corrected chi connectivity index (χ0v) is 11.8. The van der Waals surface area contributed by atoms with Crippen LogP contribution in [0.4, 0.5) is 0 Å². The number of hydrogen-bond acceptors (Lipinski definition) is 1. The number of alkyl halides is 1. The van der Waals surface area contributed by atoms with Crippen LogP contribution in [0.25, 0.3) is 0 Å². The van der Waals surface area contributed by atoms with Gasteiger partial charge in [-0.3, -0.25) is 0 Å². The number of hydrogen-bond donors (Lipinski definition) is 0. The molecule has 0 aliphatic rings. The molecule has 0 unspecified atom stereocenters. The molecule has 2 aromatic carbocycles. The molecule has 2 rings (SSSR count). The molecule has 1 nitrogen and oxygen atoms in total. The zero-order chi connectivity index (χ0) is 13.1. The monoisotopic (exact) mass is 280 g/mol. The molecule has 0 saturated carbocycles. The van der Waals surface area contributed by atoms with Crippen molar-refractivity contribution in [1.82, 2.24) is 0 Å². The molecule has 0 aromatic heterocycles. The van der Waals surface area contributed by atoms with Gasteiger partial charge in [0.15, 0.2) is 0 Å². The molecule has 0 amide bonds. The highest BCUT2D eigenvalue weighted by Crippen LogP contribution is 2.30. The average molecular weight is 281 g/mol. The van der Waals surface area contributed by atoms with Gasteiger partial charge >= 0.3 is 0 Å². The molecule has 18 heavy (non-hydrogen) atoms. The number of rotatable bonds is 3. The molecule has 0 radical (unpaired) electrons.